The molecule has 1 heterocycles. The first kappa shape index (κ1) is 18.4. The van der Waals surface area contributed by atoms with Gasteiger partial charge in [-0.1, -0.05) is 24.3 Å². The Balaban J connectivity index is 1.77. The molecule has 0 fully saturated rings. The second-order valence-corrected chi connectivity index (χ2v) is 8.70. The van der Waals surface area contributed by atoms with Gasteiger partial charge in [0, 0.05) is 32.0 Å². The van der Waals surface area contributed by atoms with Gasteiger partial charge in [0.25, 0.3) is 0 Å². The van der Waals surface area contributed by atoms with E-state index in [1.165, 1.54) is 31.8 Å². The lowest BCUT2D eigenvalue weighted by Crippen LogP contribution is -2.41. The molecule has 1 aliphatic rings. The zero-order chi connectivity index (χ0) is 18.9. The van der Waals surface area contributed by atoms with Crippen LogP contribution in [-0.2, 0) is 21.2 Å². The minimum absolute atomic E-state index is 0.152. The lowest BCUT2D eigenvalue weighted by Gasteiger charge is -2.26. The Hall–Kier alpha value is -2.38. The van der Waals surface area contributed by atoms with Gasteiger partial charge in [0.15, 0.2) is 0 Å². The van der Waals surface area contributed by atoms with Gasteiger partial charge in [0.2, 0.25) is 15.9 Å². The first-order valence-corrected chi connectivity index (χ1v) is 9.92. The Bertz CT molecular complexity index is 925. The standard InChI is InChI=1S/C19H23N3O3S/c1-14(22-12-11-15-7-4-5-10-18(15)22)19(23)20-16-8-6-9-17(13-16)26(24,25)21(2)3/h4-10,13-14H,11-12H2,1-3H3,(H,20,23). The molecule has 7 heteroatoms. The van der Waals surface area contributed by atoms with Crippen LogP contribution in [0, 0.1) is 0 Å². The molecular weight excluding hydrogens is 350 g/mol. The minimum atomic E-state index is -3.54. The third-order valence-electron chi connectivity index (χ3n) is 4.65. The molecule has 0 bridgehead atoms. The largest absolute Gasteiger partial charge is 0.359 e. The number of nitrogens with one attached hydrogen (secondary N) is 1. The molecule has 1 amide bonds. The number of hydrogen-bond donors (Lipinski definition) is 1. The van der Waals surface area contributed by atoms with Crippen molar-refractivity contribution in [3.8, 4) is 0 Å². The average molecular weight is 373 g/mol. The van der Waals surface area contributed by atoms with Gasteiger partial charge in [-0.15, -0.1) is 0 Å². The Morgan fingerprint density at radius 3 is 2.62 bits per heavy atom. The van der Waals surface area contributed by atoms with E-state index in [0.29, 0.717) is 5.69 Å². The summed E-state index contributed by atoms with van der Waals surface area (Å²) in [5.41, 5.74) is 2.79. The highest BCUT2D eigenvalue weighted by Gasteiger charge is 2.27. The molecule has 2 aromatic rings. The van der Waals surface area contributed by atoms with Crippen LogP contribution in [0.4, 0.5) is 11.4 Å². The minimum Gasteiger partial charge on any atom is -0.359 e. The number of amides is 1. The highest BCUT2D eigenvalue weighted by atomic mass is 32.2. The summed E-state index contributed by atoms with van der Waals surface area (Å²) in [5.74, 6) is -0.166. The molecular formula is C19H23N3O3S. The molecule has 138 valence electrons. The number of benzene rings is 2. The summed E-state index contributed by atoms with van der Waals surface area (Å²) in [6.07, 6.45) is 0.921. The second-order valence-electron chi connectivity index (χ2n) is 6.55. The number of fused-ring (bicyclic) bond motifs is 1. The van der Waals surface area contributed by atoms with E-state index in [4.69, 9.17) is 0 Å². The van der Waals surface area contributed by atoms with Crippen molar-refractivity contribution in [1.29, 1.82) is 0 Å². The van der Waals surface area contributed by atoms with Gasteiger partial charge in [-0.2, -0.15) is 0 Å². The van der Waals surface area contributed by atoms with Crippen LogP contribution in [0.5, 0.6) is 0 Å². The van der Waals surface area contributed by atoms with Crippen molar-refractivity contribution in [2.75, 3.05) is 30.9 Å². The number of hydrogen-bond acceptors (Lipinski definition) is 4. The van der Waals surface area contributed by atoms with Gasteiger partial charge in [0.1, 0.15) is 6.04 Å². The molecule has 0 aliphatic carbocycles. The van der Waals surface area contributed by atoms with Gasteiger partial charge in [0.05, 0.1) is 4.90 Å². The molecule has 3 rings (SSSR count). The maximum absolute atomic E-state index is 12.7. The molecule has 0 saturated carbocycles. The Morgan fingerprint density at radius 2 is 1.88 bits per heavy atom. The smallest absolute Gasteiger partial charge is 0.246 e. The average Bonchev–Trinajstić information content (AvgIpc) is 3.05. The number of sulfonamides is 1. The fourth-order valence-corrected chi connectivity index (χ4v) is 4.05. The molecule has 0 spiro atoms. The fourth-order valence-electron chi connectivity index (χ4n) is 3.10. The maximum atomic E-state index is 12.7. The van der Waals surface area contributed by atoms with Gasteiger partial charge < -0.3 is 10.2 Å². The number of anilines is 2. The molecule has 1 N–H and O–H groups in total. The van der Waals surface area contributed by atoms with Crippen LogP contribution in [0.25, 0.3) is 0 Å². The number of nitrogens with zero attached hydrogens (tertiary/aromatic N) is 2. The van der Waals surface area contributed by atoms with Crippen molar-refractivity contribution < 1.29 is 13.2 Å². The summed E-state index contributed by atoms with van der Waals surface area (Å²) in [6, 6.07) is 14.0. The number of carbonyl (C=O) groups is 1. The van der Waals surface area contributed by atoms with Gasteiger partial charge in [-0.05, 0) is 43.2 Å². The lowest BCUT2D eigenvalue weighted by molar-refractivity contribution is -0.117. The van der Waals surface area contributed by atoms with Crippen molar-refractivity contribution in [3.63, 3.8) is 0 Å². The molecule has 0 radical (unpaired) electrons. The van der Waals surface area contributed by atoms with E-state index in [1.807, 2.05) is 25.1 Å². The molecule has 26 heavy (non-hydrogen) atoms. The zero-order valence-electron chi connectivity index (χ0n) is 15.1. The van der Waals surface area contributed by atoms with E-state index >= 15 is 0 Å². The predicted octanol–water partition coefficient (Wildman–Crippen LogP) is 2.33. The zero-order valence-corrected chi connectivity index (χ0v) is 16.0. The van der Waals surface area contributed by atoms with Crippen LogP contribution in [0.2, 0.25) is 0 Å². The van der Waals surface area contributed by atoms with Crippen molar-refractivity contribution in [1.82, 2.24) is 4.31 Å². The Labute approximate surface area is 154 Å². The van der Waals surface area contributed by atoms with E-state index in [1.54, 1.807) is 12.1 Å². The third-order valence-corrected chi connectivity index (χ3v) is 6.46. The van der Waals surface area contributed by atoms with Gasteiger partial charge in [-0.3, -0.25) is 4.79 Å². The predicted molar refractivity (Wildman–Crippen MR) is 103 cm³/mol. The molecule has 1 atom stereocenters. The highest BCUT2D eigenvalue weighted by Crippen LogP contribution is 2.29. The van der Waals surface area contributed by atoms with E-state index in [2.05, 4.69) is 16.3 Å². The van der Waals surface area contributed by atoms with E-state index in [9.17, 15) is 13.2 Å². The second kappa shape index (κ2) is 7.09. The summed E-state index contributed by atoms with van der Waals surface area (Å²) in [6.45, 7) is 2.65. The summed E-state index contributed by atoms with van der Waals surface area (Å²) >= 11 is 0. The number of rotatable bonds is 5. The summed E-state index contributed by atoms with van der Waals surface area (Å²) < 4.78 is 25.7. The SMILES string of the molecule is CC(C(=O)Nc1cccc(S(=O)(=O)N(C)C)c1)N1CCc2ccccc21. The monoisotopic (exact) mass is 373 g/mol. The quantitative estimate of drug-likeness (QED) is 0.873. The maximum Gasteiger partial charge on any atom is 0.246 e. The molecule has 1 aliphatic heterocycles. The van der Waals surface area contributed by atoms with Crippen molar-refractivity contribution >= 4 is 27.3 Å². The van der Waals surface area contributed by atoms with Crippen molar-refractivity contribution in [2.45, 2.75) is 24.3 Å². The summed E-state index contributed by atoms with van der Waals surface area (Å²) in [7, 11) is -0.580. The van der Waals surface area contributed by atoms with Gasteiger partial charge >= 0.3 is 0 Å². The Kier molecular flexibility index (Phi) is 5.02. The van der Waals surface area contributed by atoms with Crippen LogP contribution in [0.1, 0.15) is 12.5 Å². The van der Waals surface area contributed by atoms with Gasteiger partial charge in [-0.25, -0.2) is 12.7 Å². The van der Waals surface area contributed by atoms with Crippen molar-refractivity contribution in [3.05, 3.63) is 54.1 Å². The Morgan fingerprint density at radius 1 is 1.15 bits per heavy atom. The number of para-hydroxylation sites is 1. The number of carbonyl (C=O) groups excluding carboxylic acids is 1. The van der Waals surface area contributed by atoms with Crippen LogP contribution in [0.15, 0.2) is 53.4 Å². The third kappa shape index (κ3) is 3.45. The van der Waals surface area contributed by atoms with Crippen LogP contribution < -0.4 is 10.2 Å². The molecule has 1 unspecified atom stereocenters. The summed E-state index contributed by atoms with van der Waals surface area (Å²) in [5, 5.41) is 2.84. The van der Waals surface area contributed by atoms with E-state index < -0.39 is 10.0 Å². The molecule has 2 aromatic carbocycles. The normalized spacial score (nSPS) is 15.0. The molecule has 0 saturated heterocycles. The van der Waals surface area contributed by atoms with Crippen LogP contribution in [0.3, 0.4) is 0 Å². The summed E-state index contributed by atoms with van der Waals surface area (Å²) in [4.78, 5) is 14.9. The van der Waals surface area contributed by atoms with Crippen LogP contribution in [-0.4, -0.2) is 45.3 Å². The molecule has 0 aromatic heterocycles. The van der Waals surface area contributed by atoms with E-state index in [0.717, 1.165) is 23.0 Å². The first-order valence-electron chi connectivity index (χ1n) is 8.48. The van der Waals surface area contributed by atoms with Crippen LogP contribution >= 0.6 is 0 Å². The topological polar surface area (TPSA) is 69.7 Å². The van der Waals surface area contributed by atoms with E-state index in [-0.39, 0.29) is 16.8 Å². The lowest BCUT2D eigenvalue weighted by atomic mass is 10.1. The highest BCUT2D eigenvalue weighted by molar-refractivity contribution is 7.89. The first-order chi connectivity index (χ1) is 12.3. The fraction of sp³-hybridized carbons (Fsp3) is 0.316. The van der Waals surface area contributed by atoms with Crippen molar-refractivity contribution in [2.24, 2.45) is 0 Å². The molecule has 6 nitrogen and oxygen atoms in total.